The lowest BCUT2D eigenvalue weighted by Crippen LogP contribution is -2.01. The number of methoxy groups -OCH3 is 1. The van der Waals surface area contributed by atoms with Crippen molar-refractivity contribution in [3.8, 4) is 5.75 Å². The maximum atomic E-state index is 5.41. The van der Waals surface area contributed by atoms with Gasteiger partial charge in [-0.15, -0.1) is 0 Å². The van der Waals surface area contributed by atoms with Gasteiger partial charge in [0.25, 0.3) is 0 Å². The summed E-state index contributed by atoms with van der Waals surface area (Å²) in [6.45, 7) is 2.18. The summed E-state index contributed by atoms with van der Waals surface area (Å²) < 4.78 is 10.3. The number of aryl methyl sites for hydroxylation is 1. The van der Waals surface area contributed by atoms with E-state index in [1.807, 2.05) is 37.3 Å². The molecule has 0 aliphatic heterocycles. The Kier molecular flexibility index (Phi) is 2.83. The molecule has 1 aromatic carbocycles. The number of rotatable bonds is 3. The zero-order valence-corrected chi connectivity index (χ0v) is 8.86. The van der Waals surface area contributed by atoms with E-state index in [2.05, 4.69) is 4.98 Å². The first kappa shape index (κ1) is 9.93. The summed E-state index contributed by atoms with van der Waals surface area (Å²) in [4.78, 5) is 4.45. The molecule has 0 amide bonds. The van der Waals surface area contributed by atoms with E-state index < -0.39 is 0 Å². The number of fused-ring (bicyclic) bond motifs is 1. The third-order valence-corrected chi connectivity index (χ3v) is 2.20. The van der Waals surface area contributed by atoms with Gasteiger partial charge in [0.05, 0.1) is 11.2 Å². The van der Waals surface area contributed by atoms with Crippen LogP contribution in [0.25, 0.3) is 10.9 Å². The summed E-state index contributed by atoms with van der Waals surface area (Å²) in [5, 5.41) is 1.08. The van der Waals surface area contributed by atoms with E-state index in [9.17, 15) is 0 Å². The Morgan fingerprint density at radius 2 is 2.07 bits per heavy atom. The minimum atomic E-state index is 0.251. The Morgan fingerprint density at radius 3 is 2.87 bits per heavy atom. The van der Waals surface area contributed by atoms with Crippen molar-refractivity contribution in [3.05, 3.63) is 36.0 Å². The van der Waals surface area contributed by atoms with Crippen molar-refractivity contribution in [1.29, 1.82) is 0 Å². The van der Waals surface area contributed by atoms with Gasteiger partial charge < -0.3 is 9.47 Å². The van der Waals surface area contributed by atoms with Crippen molar-refractivity contribution in [1.82, 2.24) is 4.98 Å². The average Bonchev–Trinajstić information content (AvgIpc) is 2.26. The van der Waals surface area contributed by atoms with Crippen LogP contribution in [0.1, 0.15) is 5.69 Å². The molecule has 1 aromatic heterocycles. The summed E-state index contributed by atoms with van der Waals surface area (Å²) in [5.74, 6) is 0.774. The van der Waals surface area contributed by atoms with Gasteiger partial charge in [-0.05, 0) is 19.1 Å². The van der Waals surface area contributed by atoms with Crippen molar-refractivity contribution in [3.63, 3.8) is 0 Å². The number of benzene rings is 1. The number of pyridine rings is 1. The molecule has 0 atom stereocenters. The molecule has 2 rings (SSSR count). The fourth-order valence-corrected chi connectivity index (χ4v) is 1.46. The maximum Gasteiger partial charge on any atom is 0.188 e. The van der Waals surface area contributed by atoms with Crippen molar-refractivity contribution in [2.45, 2.75) is 6.92 Å². The Bertz CT molecular complexity index is 468. The van der Waals surface area contributed by atoms with Gasteiger partial charge >= 0.3 is 0 Å². The topological polar surface area (TPSA) is 31.4 Å². The minimum absolute atomic E-state index is 0.251. The second-order valence-electron chi connectivity index (χ2n) is 3.32. The summed E-state index contributed by atoms with van der Waals surface area (Å²) in [5.41, 5.74) is 1.87. The number of para-hydroxylation sites is 1. The van der Waals surface area contributed by atoms with Gasteiger partial charge in [-0.1, -0.05) is 18.2 Å². The van der Waals surface area contributed by atoms with Crippen LogP contribution in [0.3, 0.4) is 0 Å². The van der Waals surface area contributed by atoms with Gasteiger partial charge in [0, 0.05) is 12.5 Å². The maximum absolute atomic E-state index is 5.41. The highest BCUT2D eigenvalue weighted by Crippen LogP contribution is 2.22. The molecule has 1 heterocycles. The molecule has 0 N–H and O–H groups in total. The first-order valence-electron chi connectivity index (χ1n) is 4.79. The molecule has 15 heavy (non-hydrogen) atoms. The van der Waals surface area contributed by atoms with Crippen LogP contribution >= 0.6 is 0 Å². The highest BCUT2D eigenvalue weighted by molar-refractivity contribution is 5.80. The van der Waals surface area contributed by atoms with Crippen LogP contribution in [0.2, 0.25) is 0 Å². The third-order valence-electron chi connectivity index (χ3n) is 2.20. The second-order valence-corrected chi connectivity index (χ2v) is 3.32. The molecule has 0 spiro atoms. The lowest BCUT2D eigenvalue weighted by Gasteiger charge is -2.08. The Labute approximate surface area is 88.7 Å². The first-order chi connectivity index (χ1) is 7.31. The van der Waals surface area contributed by atoms with Gasteiger partial charge in [-0.2, -0.15) is 0 Å². The van der Waals surface area contributed by atoms with Crippen LogP contribution in [-0.4, -0.2) is 18.9 Å². The van der Waals surface area contributed by atoms with E-state index >= 15 is 0 Å². The molecule has 0 saturated heterocycles. The average molecular weight is 203 g/mol. The van der Waals surface area contributed by atoms with Crippen molar-refractivity contribution in [2.75, 3.05) is 13.9 Å². The Morgan fingerprint density at radius 1 is 1.27 bits per heavy atom. The normalized spacial score (nSPS) is 10.5. The van der Waals surface area contributed by atoms with Crippen LogP contribution in [0, 0.1) is 6.92 Å². The van der Waals surface area contributed by atoms with E-state index in [1.165, 1.54) is 0 Å². The third kappa shape index (κ3) is 2.07. The fraction of sp³-hybridized carbons (Fsp3) is 0.250. The molecule has 0 aliphatic carbocycles. The molecule has 0 fully saturated rings. The highest BCUT2D eigenvalue weighted by Gasteiger charge is 2.03. The highest BCUT2D eigenvalue weighted by atomic mass is 16.7. The van der Waals surface area contributed by atoms with Crippen LogP contribution in [0.5, 0.6) is 5.75 Å². The number of aromatic nitrogens is 1. The van der Waals surface area contributed by atoms with E-state index in [1.54, 1.807) is 7.11 Å². The molecule has 0 aliphatic rings. The van der Waals surface area contributed by atoms with E-state index in [4.69, 9.17) is 9.47 Å². The molecule has 0 bridgehead atoms. The zero-order chi connectivity index (χ0) is 10.7. The van der Waals surface area contributed by atoms with Crippen molar-refractivity contribution < 1.29 is 9.47 Å². The Balaban J connectivity index is 2.43. The second kappa shape index (κ2) is 4.28. The van der Waals surface area contributed by atoms with Gasteiger partial charge in [0.15, 0.2) is 6.79 Å². The molecule has 78 valence electrons. The SMILES string of the molecule is COCOc1cc2ccccc2nc1C. The molecule has 3 nitrogen and oxygen atoms in total. The van der Waals surface area contributed by atoms with Crippen LogP contribution in [0.4, 0.5) is 0 Å². The summed E-state index contributed by atoms with van der Waals surface area (Å²) >= 11 is 0. The number of nitrogens with zero attached hydrogens (tertiary/aromatic N) is 1. The zero-order valence-electron chi connectivity index (χ0n) is 8.86. The summed E-state index contributed by atoms with van der Waals surface area (Å²) in [6, 6.07) is 9.95. The minimum Gasteiger partial charge on any atom is -0.466 e. The first-order valence-corrected chi connectivity index (χ1v) is 4.79. The lowest BCUT2D eigenvalue weighted by atomic mass is 10.2. The van der Waals surface area contributed by atoms with E-state index in [-0.39, 0.29) is 6.79 Å². The predicted molar refractivity (Wildman–Crippen MR) is 59.0 cm³/mol. The summed E-state index contributed by atoms with van der Waals surface area (Å²) in [7, 11) is 1.60. The molecule has 2 aromatic rings. The van der Waals surface area contributed by atoms with Gasteiger partial charge in [-0.3, -0.25) is 0 Å². The van der Waals surface area contributed by atoms with Gasteiger partial charge in [0.1, 0.15) is 5.75 Å². The lowest BCUT2D eigenvalue weighted by molar-refractivity contribution is 0.0504. The molecule has 3 heteroatoms. The number of hydrogen-bond donors (Lipinski definition) is 0. The van der Waals surface area contributed by atoms with Crippen molar-refractivity contribution in [2.24, 2.45) is 0 Å². The number of hydrogen-bond acceptors (Lipinski definition) is 3. The smallest absolute Gasteiger partial charge is 0.188 e. The van der Waals surface area contributed by atoms with Crippen LogP contribution < -0.4 is 4.74 Å². The van der Waals surface area contributed by atoms with E-state index in [0.29, 0.717) is 0 Å². The quantitative estimate of drug-likeness (QED) is 0.718. The summed E-state index contributed by atoms with van der Waals surface area (Å²) in [6.07, 6.45) is 0. The van der Waals surface area contributed by atoms with E-state index in [0.717, 1.165) is 22.3 Å². The molecular weight excluding hydrogens is 190 g/mol. The van der Waals surface area contributed by atoms with Gasteiger partial charge in [-0.25, -0.2) is 4.98 Å². The van der Waals surface area contributed by atoms with Crippen LogP contribution in [0.15, 0.2) is 30.3 Å². The molecular formula is C12H13NO2. The van der Waals surface area contributed by atoms with Crippen LogP contribution in [-0.2, 0) is 4.74 Å². The fourth-order valence-electron chi connectivity index (χ4n) is 1.46. The molecule has 0 radical (unpaired) electrons. The largest absolute Gasteiger partial charge is 0.466 e. The standard InChI is InChI=1S/C12H13NO2/c1-9-12(15-8-14-2)7-10-5-3-4-6-11(10)13-9/h3-7H,8H2,1-2H3. The molecule has 0 saturated carbocycles. The molecule has 0 unspecified atom stereocenters. The predicted octanol–water partition coefficient (Wildman–Crippen LogP) is 2.53. The number of ether oxygens (including phenoxy) is 2. The monoisotopic (exact) mass is 203 g/mol. The Hall–Kier alpha value is -1.61. The van der Waals surface area contributed by atoms with Gasteiger partial charge in [0.2, 0.25) is 0 Å². The van der Waals surface area contributed by atoms with Crippen molar-refractivity contribution >= 4 is 10.9 Å².